The maximum Gasteiger partial charge on any atom is 0.240 e. The number of rotatable bonds is 7. The summed E-state index contributed by atoms with van der Waals surface area (Å²) in [7, 11) is 1.93. The van der Waals surface area contributed by atoms with Crippen LogP contribution in [0.5, 0.6) is 5.75 Å². The molecule has 2 aromatic carbocycles. The molecule has 2 rings (SSSR count). The Morgan fingerprint density at radius 1 is 1.09 bits per heavy atom. The molecule has 0 bridgehead atoms. The molecular formula is C17H22N2O3S. The highest BCUT2D eigenvalue weighted by Crippen LogP contribution is 2.22. The molecule has 0 radical (unpaired) electrons. The summed E-state index contributed by atoms with van der Waals surface area (Å²) in [5, 5.41) is 0. The molecule has 6 heteroatoms. The van der Waals surface area contributed by atoms with Crippen LogP contribution in [0.25, 0.3) is 0 Å². The van der Waals surface area contributed by atoms with Crippen molar-refractivity contribution in [3.8, 4) is 5.75 Å². The molecule has 23 heavy (non-hydrogen) atoms. The molecule has 5 nitrogen and oxygen atoms in total. The van der Waals surface area contributed by atoms with Crippen molar-refractivity contribution in [1.82, 2.24) is 9.62 Å². The number of methoxy groups -OCH3 is 1. The Morgan fingerprint density at radius 3 is 2.39 bits per heavy atom. The summed E-state index contributed by atoms with van der Waals surface area (Å²) in [6, 6.07) is 15.9. The number of hydrogen-bond donors (Lipinski definition) is 1. The van der Waals surface area contributed by atoms with Crippen molar-refractivity contribution in [2.24, 2.45) is 0 Å². The van der Waals surface area contributed by atoms with Crippen molar-refractivity contribution < 1.29 is 13.2 Å². The highest BCUT2D eigenvalue weighted by molar-refractivity contribution is 7.89. The molecule has 0 aliphatic rings. The highest BCUT2D eigenvalue weighted by Gasteiger charge is 2.19. The van der Waals surface area contributed by atoms with Crippen LogP contribution in [0.2, 0.25) is 0 Å². The molecule has 0 heterocycles. The number of sulfonamides is 1. The van der Waals surface area contributed by atoms with Crippen molar-refractivity contribution in [1.29, 1.82) is 0 Å². The smallest absolute Gasteiger partial charge is 0.240 e. The van der Waals surface area contributed by atoms with Gasteiger partial charge in [-0.3, -0.25) is 0 Å². The lowest BCUT2D eigenvalue weighted by atomic mass is 10.1. The van der Waals surface area contributed by atoms with Crippen LogP contribution in [0.15, 0.2) is 59.5 Å². The molecule has 0 aromatic heterocycles. The standard InChI is InChI=1S/C17H22N2O3S/c1-19(2)17(14-8-7-9-15(12-14)22-3)13-18-23(20,21)16-10-5-4-6-11-16/h4-12,17-18H,13H2,1-3H3/t17-/m0/s1. The summed E-state index contributed by atoms with van der Waals surface area (Å²) in [6.07, 6.45) is 0. The minimum Gasteiger partial charge on any atom is -0.497 e. The lowest BCUT2D eigenvalue weighted by Gasteiger charge is -2.25. The molecule has 0 fully saturated rings. The Kier molecular flexibility index (Phi) is 5.76. The van der Waals surface area contributed by atoms with Crippen LogP contribution >= 0.6 is 0 Å². The van der Waals surface area contributed by atoms with Crippen LogP contribution in [0.4, 0.5) is 0 Å². The fourth-order valence-electron chi connectivity index (χ4n) is 2.32. The second-order valence-corrected chi connectivity index (χ2v) is 7.19. The van der Waals surface area contributed by atoms with Gasteiger partial charge in [-0.15, -0.1) is 0 Å². The Bertz CT molecular complexity index is 731. The van der Waals surface area contributed by atoms with Gasteiger partial charge in [0.15, 0.2) is 0 Å². The average molecular weight is 334 g/mol. The number of benzene rings is 2. The number of ether oxygens (including phenoxy) is 1. The maximum atomic E-state index is 12.4. The second kappa shape index (κ2) is 7.59. The summed E-state index contributed by atoms with van der Waals surface area (Å²) < 4.78 is 32.6. The van der Waals surface area contributed by atoms with Crippen LogP contribution in [0.3, 0.4) is 0 Å². The monoisotopic (exact) mass is 334 g/mol. The molecule has 0 saturated carbocycles. The molecule has 1 N–H and O–H groups in total. The normalized spacial score (nSPS) is 13.0. The van der Waals surface area contributed by atoms with E-state index < -0.39 is 10.0 Å². The van der Waals surface area contributed by atoms with Crippen molar-refractivity contribution in [2.75, 3.05) is 27.7 Å². The highest BCUT2D eigenvalue weighted by atomic mass is 32.2. The first kappa shape index (κ1) is 17.5. The zero-order valence-electron chi connectivity index (χ0n) is 13.6. The van der Waals surface area contributed by atoms with E-state index in [-0.39, 0.29) is 17.5 Å². The first-order valence-corrected chi connectivity index (χ1v) is 8.77. The lowest BCUT2D eigenvalue weighted by molar-refractivity contribution is 0.298. The minimum atomic E-state index is -3.52. The first-order valence-electron chi connectivity index (χ1n) is 7.29. The van der Waals surface area contributed by atoms with Crippen molar-refractivity contribution in [3.63, 3.8) is 0 Å². The molecule has 0 spiro atoms. The van der Waals surface area contributed by atoms with Gasteiger partial charge in [0.1, 0.15) is 5.75 Å². The maximum absolute atomic E-state index is 12.4. The van der Waals surface area contributed by atoms with Gasteiger partial charge in [-0.1, -0.05) is 30.3 Å². The molecule has 0 amide bonds. The predicted molar refractivity (Wildman–Crippen MR) is 91.1 cm³/mol. The fraction of sp³-hybridized carbons (Fsp3) is 0.294. The summed E-state index contributed by atoms with van der Waals surface area (Å²) in [4.78, 5) is 2.24. The van der Waals surface area contributed by atoms with Gasteiger partial charge >= 0.3 is 0 Å². The van der Waals surface area contributed by atoms with Gasteiger partial charge in [0.25, 0.3) is 0 Å². The van der Waals surface area contributed by atoms with Gasteiger partial charge in [0.2, 0.25) is 10.0 Å². The van der Waals surface area contributed by atoms with E-state index in [1.54, 1.807) is 37.4 Å². The minimum absolute atomic E-state index is 0.0939. The largest absolute Gasteiger partial charge is 0.497 e. The van der Waals surface area contributed by atoms with E-state index in [0.29, 0.717) is 0 Å². The lowest BCUT2D eigenvalue weighted by Crippen LogP contribution is -2.34. The van der Waals surface area contributed by atoms with Crippen molar-refractivity contribution >= 4 is 10.0 Å². The SMILES string of the molecule is COc1cccc([C@H](CNS(=O)(=O)c2ccccc2)N(C)C)c1. The van der Waals surface area contributed by atoms with Crippen LogP contribution in [-0.4, -0.2) is 41.1 Å². The summed E-state index contributed by atoms with van der Waals surface area (Å²) in [5.41, 5.74) is 0.991. The first-order chi connectivity index (χ1) is 10.9. The number of nitrogens with one attached hydrogen (secondary N) is 1. The van der Waals surface area contributed by atoms with Crippen molar-refractivity contribution in [3.05, 3.63) is 60.2 Å². The Labute approximate surface area is 137 Å². The van der Waals surface area contributed by atoms with E-state index >= 15 is 0 Å². The van der Waals surface area contributed by atoms with E-state index in [4.69, 9.17) is 4.74 Å². The van der Waals surface area contributed by atoms with Gasteiger partial charge in [-0.05, 0) is 43.9 Å². The third-order valence-corrected chi connectivity index (χ3v) is 5.06. The third kappa shape index (κ3) is 4.54. The molecule has 2 aromatic rings. The number of nitrogens with zero attached hydrogens (tertiary/aromatic N) is 1. The van der Waals surface area contributed by atoms with Crippen LogP contribution in [0.1, 0.15) is 11.6 Å². The summed E-state index contributed by atoms with van der Waals surface area (Å²) >= 11 is 0. The quantitative estimate of drug-likeness (QED) is 0.844. The van der Waals surface area contributed by atoms with Crippen LogP contribution in [0, 0.1) is 0 Å². The molecule has 0 saturated heterocycles. The van der Waals surface area contributed by atoms with Crippen LogP contribution < -0.4 is 9.46 Å². The molecule has 0 unspecified atom stereocenters. The van der Waals surface area contributed by atoms with E-state index in [1.165, 1.54) is 0 Å². The van der Waals surface area contributed by atoms with Gasteiger partial charge in [0, 0.05) is 12.6 Å². The zero-order chi connectivity index (χ0) is 16.9. The molecule has 0 aliphatic carbocycles. The van der Waals surface area contributed by atoms with E-state index in [1.807, 2.05) is 43.3 Å². The Morgan fingerprint density at radius 2 is 1.78 bits per heavy atom. The Balaban J connectivity index is 2.17. The predicted octanol–water partition coefficient (Wildman–Crippen LogP) is 2.28. The topological polar surface area (TPSA) is 58.6 Å². The number of likely N-dealkylation sites (N-methyl/N-ethyl adjacent to an activating group) is 1. The molecule has 0 aliphatic heterocycles. The molecule has 124 valence electrons. The fourth-order valence-corrected chi connectivity index (χ4v) is 3.38. The Hall–Kier alpha value is -1.89. The van der Waals surface area contributed by atoms with E-state index in [0.717, 1.165) is 11.3 Å². The zero-order valence-corrected chi connectivity index (χ0v) is 14.4. The average Bonchev–Trinajstić information content (AvgIpc) is 2.55. The van der Waals surface area contributed by atoms with Gasteiger partial charge < -0.3 is 9.64 Å². The molecular weight excluding hydrogens is 312 g/mol. The van der Waals surface area contributed by atoms with E-state index in [9.17, 15) is 8.42 Å². The van der Waals surface area contributed by atoms with Crippen molar-refractivity contribution in [2.45, 2.75) is 10.9 Å². The van der Waals surface area contributed by atoms with Gasteiger partial charge in [0.05, 0.1) is 12.0 Å². The van der Waals surface area contributed by atoms with Gasteiger partial charge in [-0.2, -0.15) is 0 Å². The second-order valence-electron chi connectivity index (χ2n) is 5.42. The molecule has 1 atom stereocenters. The number of hydrogen-bond acceptors (Lipinski definition) is 4. The third-order valence-electron chi connectivity index (χ3n) is 3.62. The summed E-state index contributed by atoms with van der Waals surface area (Å²) in [6.45, 7) is 0.275. The van der Waals surface area contributed by atoms with E-state index in [2.05, 4.69) is 4.72 Å². The summed E-state index contributed by atoms with van der Waals surface area (Å²) in [5.74, 6) is 0.750. The van der Waals surface area contributed by atoms with Gasteiger partial charge in [-0.25, -0.2) is 13.1 Å². The van der Waals surface area contributed by atoms with Crippen LogP contribution in [-0.2, 0) is 10.0 Å².